The molecular weight excluding hydrogens is 317 g/mol. The van der Waals surface area contributed by atoms with Gasteiger partial charge in [-0.1, -0.05) is 42.8 Å². The van der Waals surface area contributed by atoms with Crippen molar-refractivity contribution in [2.24, 2.45) is 11.7 Å². The third kappa shape index (κ3) is 3.87. The number of fused-ring (bicyclic) bond motifs is 1. The second-order valence-corrected chi connectivity index (χ2v) is 6.43. The maximum atomic E-state index is 6.44. The van der Waals surface area contributed by atoms with E-state index in [-0.39, 0.29) is 18.4 Å². The minimum absolute atomic E-state index is 0. The van der Waals surface area contributed by atoms with Gasteiger partial charge in [0.1, 0.15) is 5.75 Å². The standard InChI is InChI=1S/C18H22ClNO.ClH/c1-2-14(20)9-13-10-17(19)15-5-3-4-6-16(15)18(13)21-11-12-7-8-12;/h3-6,10,12,14H,2,7-9,11,20H2,1H3;1H. The number of nitrogens with two attached hydrogens (primary N) is 1. The molecular formula is C18H23Cl2NO. The summed E-state index contributed by atoms with van der Waals surface area (Å²) in [6, 6.07) is 10.4. The molecule has 22 heavy (non-hydrogen) atoms. The van der Waals surface area contributed by atoms with Gasteiger partial charge in [0.05, 0.1) is 6.61 Å². The average Bonchev–Trinajstić information content (AvgIpc) is 3.31. The van der Waals surface area contributed by atoms with Crippen LogP contribution in [-0.4, -0.2) is 12.6 Å². The highest BCUT2D eigenvalue weighted by molar-refractivity contribution is 6.35. The molecule has 1 aliphatic rings. The van der Waals surface area contributed by atoms with Crippen LogP contribution in [0.1, 0.15) is 31.7 Å². The van der Waals surface area contributed by atoms with E-state index in [2.05, 4.69) is 13.0 Å². The lowest BCUT2D eigenvalue weighted by atomic mass is 9.99. The zero-order chi connectivity index (χ0) is 14.8. The van der Waals surface area contributed by atoms with Crippen molar-refractivity contribution in [1.29, 1.82) is 0 Å². The highest BCUT2D eigenvalue weighted by Gasteiger charge is 2.23. The molecule has 120 valence electrons. The minimum atomic E-state index is 0. The topological polar surface area (TPSA) is 35.2 Å². The summed E-state index contributed by atoms with van der Waals surface area (Å²) in [4.78, 5) is 0. The molecule has 0 bridgehead atoms. The summed E-state index contributed by atoms with van der Waals surface area (Å²) in [5, 5.41) is 2.94. The Morgan fingerprint density at radius 1 is 1.27 bits per heavy atom. The molecule has 1 atom stereocenters. The number of ether oxygens (including phenoxy) is 1. The Balaban J connectivity index is 0.00000176. The maximum absolute atomic E-state index is 6.44. The third-order valence-corrected chi connectivity index (χ3v) is 4.50. The highest BCUT2D eigenvalue weighted by atomic mass is 35.5. The van der Waals surface area contributed by atoms with E-state index in [1.54, 1.807) is 0 Å². The summed E-state index contributed by atoms with van der Waals surface area (Å²) < 4.78 is 6.16. The van der Waals surface area contributed by atoms with Gasteiger partial charge >= 0.3 is 0 Å². The van der Waals surface area contributed by atoms with E-state index in [4.69, 9.17) is 22.1 Å². The Labute approximate surface area is 143 Å². The van der Waals surface area contributed by atoms with Crippen LogP contribution in [0.4, 0.5) is 0 Å². The lowest BCUT2D eigenvalue weighted by Crippen LogP contribution is -2.22. The fraction of sp³-hybridized carbons (Fsp3) is 0.444. The van der Waals surface area contributed by atoms with Gasteiger partial charge in [0, 0.05) is 21.8 Å². The van der Waals surface area contributed by atoms with Crippen LogP contribution in [0.3, 0.4) is 0 Å². The van der Waals surface area contributed by atoms with E-state index in [0.717, 1.165) is 52.5 Å². The summed E-state index contributed by atoms with van der Waals surface area (Å²) in [7, 11) is 0. The molecule has 1 unspecified atom stereocenters. The van der Waals surface area contributed by atoms with Crippen molar-refractivity contribution < 1.29 is 4.74 Å². The molecule has 1 saturated carbocycles. The monoisotopic (exact) mass is 339 g/mol. The zero-order valence-electron chi connectivity index (χ0n) is 12.8. The molecule has 0 saturated heterocycles. The first-order chi connectivity index (χ1) is 10.2. The predicted octanol–water partition coefficient (Wildman–Crippen LogP) is 4.98. The molecule has 0 spiro atoms. The largest absolute Gasteiger partial charge is 0.492 e. The molecule has 0 heterocycles. The van der Waals surface area contributed by atoms with Gasteiger partial charge in [-0.25, -0.2) is 0 Å². The van der Waals surface area contributed by atoms with E-state index in [9.17, 15) is 0 Å². The number of benzene rings is 2. The van der Waals surface area contributed by atoms with Crippen LogP contribution in [0.25, 0.3) is 10.8 Å². The van der Waals surface area contributed by atoms with Crippen LogP contribution in [-0.2, 0) is 6.42 Å². The molecule has 1 fully saturated rings. The van der Waals surface area contributed by atoms with Gasteiger partial charge in [0.15, 0.2) is 0 Å². The third-order valence-electron chi connectivity index (χ3n) is 4.19. The first kappa shape index (κ1) is 17.4. The smallest absolute Gasteiger partial charge is 0.130 e. The Kier molecular flexibility index (Phi) is 5.96. The Hall–Kier alpha value is -0.960. The molecule has 3 rings (SSSR count). The molecule has 4 heteroatoms. The lowest BCUT2D eigenvalue weighted by Gasteiger charge is -2.17. The van der Waals surface area contributed by atoms with Crippen LogP contribution in [0.5, 0.6) is 5.75 Å². The van der Waals surface area contributed by atoms with E-state index in [0.29, 0.717) is 0 Å². The molecule has 1 aliphatic carbocycles. The fourth-order valence-corrected chi connectivity index (χ4v) is 2.89. The van der Waals surface area contributed by atoms with E-state index >= 15 is 0 Å². The van der Waals surface area contributed by atoms with Gasteiger partial charge in [0.25, 0.3) is 0 Å². The van der Waals surface area contributed by atoms with E-state index in [1.807, 2.05) is 24.3 Å². The Morgan fingerprint density at radius 3 is 2.59 bits per heavy atom. The van der Waals surface area contributed by atoms with E-state index in [1.165, 1.54) is 12.8 Å². The molecule has 0 radical (unpaired) electrons. The maximum Gasteiger partial charge on any atom is 0.130 e. The van der Waals surface area contributed by atoms with Gasteiger partial charge in [-0.3, -0.25) is 0 Å². The van der Waals surface area contributed by atoms with Crippen molar-refractivity contribution in [1.82, 2.24) is 0 Å². The van der Waals surface area contributed by atoms with E-state index < -0.39 is 0 Å². The van der Waals surface area contributed by atoms with Gasteiger partial charge in [-0.05, 0) is 43.2 Å². The quantitative estimate of drug-likeness (QED) is 0.805. The van der Waals surface area contributed by atoms with Crippen molar-refractivity contribution in [3.8, 4) is 5.75 Å². The van der Waals surface area contributed by atoms with Crippen molar-refractivity contribution in [2.45, 2.75) is 38.6 Å². The highest BCUT2D eigenvalue weighted by Crippen LogP contribution is 2.37. The molecule has 0 aliphatic heterocycles. The molecule has 2 nitrogen and oxygen atoms in total. The van der Waals surface area contributed by atoms with Crippen LogP contribution < -0.4 is 10.5 Å². The molecule has 2 aromatic rings. The number of halogens is 2. The average molecular weight is 340 g/mol. The zero-order valence-corrected chi connectivity index (χ0v) is 14.4. The molecule has 2 aromatic carbocycles. The van der Waals surface area contributed by atoms with Crippen LogP contribution >= 0.6 is 24.0 Å². The second kappa shape index (κ2) is 7.54. The van der Waals surface area contributed by atoms with Crippen molar-refractivity contribution in [3.63, 3.8) is 0 Å². The molecule has 2 N–H and O–H groups in total. The predicted molar refractivity (Wildman–Crippen MR) is 96.4 cm³/mol. The van der Waals surface area contributed by atoms with Crippen LogP contribution in [0.15, 0.2) is 30.3 Å². The van der Waals surface area contributed by atoms with Crippen molar-refractivity contribution in [2.75, 3.05) is 6.61 Å². The second-order valence-electron chi connectivity index (χ2n) is 6.02. The minimum Gasteiger partial charge on any atom is -0.492 e. The lowest BCUT2D eigenvalue weighted by molar-refractivity contribution is 0.299. The van der Waals surface area contributed by atoms with Gasteiger partial charge in [-0.2, -0.15) is 0 Å². The van der Waals surface area contributed by atoms with Gasteiger partial charge in [0.2, 0.25) is 0 Å². The summed E-state index contributed by atoms with van der Waals surface area (Å²) in [6.07, 6.45) is 4.33. The van der Waals surface area contributed by atoms with Crippen LogP contribution in [0, 0.1) is 5.92 Å². The van der Waals surface area contributed by atoms with Crippen molar-refractivity contribution in [3.05, 3.63) is 40.9 Å². The molecule has 0 aromatic heterocycles. The van der Waals surface area contributed by atoms with Crippen molar-refractivity contribution >= 4 is 34.8 Å². The summed E-state index contributed by atoms with van der Waals surface area (Å²) >= 11 is 6.44. The first-order valence-electron chi connectivity index (χ1n) is 7.77. The number of hydrogen-bond acceptors (Lipinski definition) is 2. The van der Waals surface area contributed by atoms with Gasteiger partial charge < -0.3 is 10.5 Å². The summed E-state index contributed by atoms with van der Waals surface area (Å²) in [5.74, 6) is 1.71. The van der Waals surface area contributed by atoms with Gasteiger partial charge in [-0.15, -0.1) is 12.4 Å². The summed E-state index contributed by atoms with van der Waals surface area (Å²) in [5.41, 5.74) is 7.27. The normalized spacial score (nSPS) is 15.4. The number of rotatable bonds is 6. The Bertz CT molecular complexity index is 640. The number of hydrogen-bond donors (Lipinski definition) is 1. The van der Waals surface area contributed by atoms with Crippen LogP contribution in [0.2, 0.25) is 5.02 Å². The SMILES string of the molecule is CCC(N)Cc1cc(Cl)c2ccccc2c1OCC1CC1.Cl. The first-order valence-corrected chi connectivity index (χ1v) is 8.15. The fourth-order valence-electron chi connectivity index (χ4n) is 2.59. The summed E-state index contributed by atoms with van der Waals surface area (Å²) in [6.45, 7) is 2.91. The Morgan fingerprint density at radius 2 is 1.95 bits per heavy atom. The molecule has 0 amide bonds.